The Morgan fingerprint density at radius 1 is 1.50 bits per heavy atom. The molecule has 2 rings (SSSR count). The van der Waals surface area contributed by atoms with Crippen LogP contribution in [-0.4, -0.2) is 25.2 Å². The number of nitrogens with zero attached hydrogens (tertiary/aromatic N) is 5. The van der Waals surface area contributed by atoms with Gasteiger partial charge in [-0.15, -0.1) is 5.10 Å². The number of hydrogen-bond donors (Lipinski definition) is 1. The fraction of sp³-hybridized carbons (Fsp3) is 0.250. The summed E-state index contributed by atoms with van der Waals surface area (Å²) in [5.41, 5.74) is 6.85. The fourth-order valence-corrected chi connectivity index (χ4v) is 1.21. The second kappa shape index (κ2) is 3.51. The SMILES string of the molecule is Cn1nnnc1C(N)c1cccnc1. The minimum atomic E-state index is -0.330. The van der Waals surface area contributed by atoms with Gasteiger partial charge in [-0.05, 0) is 22.1 Å². The molecule has 0 saturated heterocycles. The maximum atomic E-state index is 5.96. The molecular weight excluding hydrogens is 180 g/mol. The average Bonchev–Trinajstić information content (AvgIpc) is 2.65. The molecule has 2 aromatic heterocycles. The molecule has 0 spiro atoms. The molecule has 0 fully saturated rings. The Morgan fingerprint density at radius 3 is 2.93 bits per heavy atom. The molecule has 72 valence electrons. The lowest BCUT2D eigenvalue weighted by Crippen LogP contribution is -2.17. The lowest BCUT2D eigenvalue weighted by atomic mass is 10.1. The van der Waals surface area contributed by atoms with Gasteiger partial charge in [0.15, 0.2) is 5.82 Å². The number of aryl methyl sites for hydroxylation is 1. The summed E-state index contributed by atoms with van der Waals surface area (Å²) in [7, 11) is 1.76. The predicted molar refractivity (Wildman–Crippen MR) is 49.1 cm³/mol. The van der Waals surface area contributed by atoms with Crippen molar-refractivity contribution in [3.05, 3.63) is 35.9 Å². The minimum absolute atomic E-state index is 0.330. The smallest absolute Gasteiger partial charge is 0.172 e. The monoisotopic (exact) mass is 190 g/mol. The van der Waals surface area contributed by atoms with Crippen LogP contribution in [-0.2, 0) is 7.05 Å². The van der Waals surface area contributed by atoms with Gasteiger partial charge in [0, 0.05) is 19.4 Å². The Bertz CT molecular complexity index is 409. The van der Waals surface area contributed by atoms with Crippen LogP contribution in [0.3, 0.4) is 0 Å². The highest BCUT2D eigenvalue weighted by molar-refractivity contribution is 5.19. The summed E-state index contributed by atoms with van der Waals surface area (Å²) in [6.45, 7) is 0. The van der Waals surface area contributed by atoms with E-state index in [1.165, 1.54) is 0 Å². The zero-order valence-corrected chi connectivity index (χ0v) is 7.70. The summed E-state index contributed by atoms with van der Waals surface area (Å²) in [6, 6.07) is 3.40. The van der Waals surface area contributed by atoms with Gasteiger partial charge in [0.25, 0.3) is 0 Å². The van der Waals surface area contributed by atoms with E-state index < -0.39 is 0 Å². The molecule has 0 bridgehead atoms. The van der Waals surface area contributed by atoms with Crippen LogP contribution >= 0.6 is 0 Å². The molecule has 6 heteroatoms. The molecule has 0 aromatic carbocycles. The summed E-state index contributed by atoms with van der Waals surface area (Å²) in [5, 5.41) is 11.1. The van der Waals surface area contributed by atoms with E-state index >= 15 is 0 Å². The van der Waals surface area contributed by atoms with Gasteiger partial charge in [-0.3, -0.25) is 4.98 Å². The van der Waals surface area contributed by atoms with Crippen LogP contribution in [0.25, 0.3) is 0 Å². The lowest BCUT2D eigenvalue weighted by molar-refractivity contribution is 0.647. The van der Waals surface area contributed by atoms with Crippen LogP contribution in [0, 0.1) is 0 Å². The normalized spacial score (nSPS) is 12.7. The first-order chi connectivity index (χ1) is 6.79. The third kappa shape index (κ3) is 1.47. The Hall–Kier alpha value is -1.82. The van der Waals surface area contributed by atoms with Crippen molar-refractivity contribution >= 4 is 0 Å². The molecule has 1 atom stereocenters. The van der Waals surface area contributed by atoms with Gasteiger partial charge in [-0.1, -0.05) is 6.07 Å². The molecule has 0 aliphatic carbocycles. The summed E-state index contributed by atoms with van der Waals surface area (Å²) in [5.74, 6) is 0.623. The summed E-state index contributed by atoms with van der Waals surface area (Å²) < 4.78 is 1.55. The topological polar surface area (TPSA) is 82.5 Å². The Balaban J connectivity index is 2.34. The first-order valence-corrected chi connectivity index (χ1v) is 4.17. The molecule has 0 aliphatic heterocycles. The highest BCUT2D eigenvalue weighted by Crippen LogP contribution is 2.14. The van der Waals surface area contributed by atoms with Gasteiger partial charge in [-0.25, -0.2) is 4.68 Å². The van der Waals surface area contributed by atoms with Crippen molar-refractivity contribution in [2.45, 2.75) is 6.04 Å². The van der Waals surface area contributed by atoms with Crippen molar-refractivity contribution in [1.29, 1.82) is 0 Å². The van der Waals surface area contributed by atoms with Gasteiger partial charge in [0.2, 0.25) is 0 Å². The number of tetrazole rings is 1. The average molecular weight is 190 g/mol. The second-order valence-electron chi connectivity index (χ2n) is 2.92. The number of nitrogens with two attached hydrogens (primary N) is 1. The molecule has 2 N–H and O–H groups in total. The number of pyridine rings is 1. The molecule has 1 unspecified atom stereocenters. The van der Waals surface area contributed by atoms with Crippen molar-refractivity contribution in [2.24, 2.45) is 12.8 Å². The highest BCUT2D eigenvalue weighted by Gasteiger charge is 2.14. The van der Waals surface area contributed by atoms with Gasteiger partial charge >= 0.3 is 0 Å². The van der Waals surface area contributed by atoms with Gasteiger partial charge < -0.3 is 5.73 Å². The maximum absolute atomic E-state index is 5.96. The molecule has 0 aliphatic rings. The van der Waals surface area contributed by atoms with Crippen LogP contribution in [0.2, 0.25) is 0 Å². The van der Waals surface area contributed by atoms with Crippen LogP contribution < -0.4 is 5.73 Å². The van der Waals surface area contributed by atoms with Crippen LogP contribution in [0.5, 0.6) is 0 Å². The Labute approximate surface area is 80.8 Å². The zero-order chi connectivity index (χ0) is 9.97. The van der Waals surface area contributed by atoms with Crippen LogP contribution in [0.15, 0.2) is 24.5 Å². The predicted octanol–water partition coefficient (Wildman–Crippen LogP) is -0.347. The van der Waals surface area contributed by atoms with Crippen LogP contribution in [0.1, 0.15) is 17.4 Å². The number of rotatable bonds is 2. The van der Waals surface area contributed by atoms with E-state index in [-0.39, 0.29) is 6.04 Å². The molecule has 0 radical (unpaired) electrons. The maximum Gasteiger partial charge on any atom is 0.172 e. The van der Waals surface area contributed by atoms with Crippen molar-refractivity contribution in [3.8, 4) is 0 Å². The first-order valence-electron chi connectivity index (χ1n) is 4.17. The van der Waals surface area contributed by atoms with E-state index in [1.54, 1.807) is 24.1 Å². The summed E-state index contributed by atoms with van der Waals surface area (Å²) in [4.78, 5) is 3.99. The van der Waals surface area contributed by atoms with Gasteiger partial charge in [-0.2, -0.15) is 0 Å². The van der Waals surface area contributed by atoms with E-state index in [0.29, 0.717) is 5.82 Å². The number of aromatic nitrogens is 5. The van der Waals surface area contributed by atoms with E-state index in [1.807, 2.05) is 12.1 Å². The van der Waals surface area contributed by atoms with Crippen LogP contribution in [0.4, 0.5) is 0 Å². The fourth-order valence-electron chi connectivity index (χ4n) is 1.21. The summed E-state index contributed by atoms with van der Waals surface area (Å²) >= 11 is 0. The Kier molecular flexibility index (Phi) is 2.19. The third-order valence-corrected chi connectivity index (χ3v) is 1.97. The third-order valence-electron chi connectivity index (χ3n) is 1.97. The van der Waals surface area contributed by atoms with Gasteiger partial charge in [0.05, 0.1) is 6.04 Å². The largest absolute Gasteiger partial charge is 0.318 e. The molecule has 2 heterocycles. The molecule has 2 aromatic rings. The molecule has 14 heavy (non-hydrogen) atoms. The molecular formula is C8H10N6. The quantitative estimate of drug-likeness (QED) is 0.700. The van der Waals surface area contributed by atoms with Crippen molar-refractivity contribution in [2.75, 3.05) is 0 Å². The minimum Gasteiger partial charge on any atom is -0.318 e. The van der Waals surface area contributed by atoms with E-state index in [2.05, 4.69) is 20.5 Å². The molecule has 0 amide bonds. The number of hydrogen-bond acceptors (Lipinski definition) is 5. The lowest BCUT2D eigenvalue weighted by Gasteiger charge is -2.08. The first kappa shape index (κ1) is 8.76. The standard InChI is InChI=1S/C8H10N6/c1-14-8(11-12-13-14)7(9)6-3-2-4-10-5-6/h2-5,7H,9H2,1H3. The van der Waals surface area contributed by atoms with E-state index in [0.717, 1.165) is 5.56 Å². The molecule has 0 saturated carbocycles. The Morgan fingerprint density at radius 2 is 2.36 bits per heavy atom. The van der Waals surface area contributed by atoms with Crippen molar-refractivity contribution in [3.63, 3.8) is 0 Å². The van der Waals surface area contributed by atoms with E-state index in [4.69, 9.17) is 5.73 Å². The van der Waals surface area contributed by atoms with Crippen molar-refractivity contribution < 1.29 is 0 Å². The second-order valence-corrected chi connectivity index (χ2v) is 2.92. The van der Waals surface area contributed by atoms with Crippen molar-refractivity contribution in [1.82, 2.24) is 25.2 Å². The van der Waals surface area contributed by atoms with Gasteiger partial charge in [0.1, 0.15) is 0 Å². The summed E-state index contributed by atoms with van der Waals surface area (Å²) in [6.07, 6.45) is 3.41. The molecule has 6 nitrogen and oxygen atoms in total. The van der Waals surface area contributed by atoms with E-state index in [9.17, 15) is 0 Å². The zero-order valence-electron chi connectivity index (χ0n) is 7.70. The highest BCUT2D eigenvalue weighted by atomic mass is 15.5.